The highest BCUT2D eigenvalue weighted by molar-refractivity contribution is 5.94. The number of carbonyl (C=O) groups is 2. The summed E-state index contributed by atoms with van der Waals surface area (Å²) in [5.41, 5.74) is 0.136. The molecule has 0 aromatic heterocycles. The van der Waals surface area contributed by atoms with Crippen molar-refractivity contribution in [3.05, 3.63) is 72.4 Å². The van der Waals surface area contributed by atoms with E-state index in [-0.39, 0.29) is 17.9 Å². The van der Waals surface area contributed by atoms with Gasteiger partial charge < -0.3 is 20.3 Å². The van der Waals surface area contributed by atoms with Crippen molar-refractivity contribution >= 4 is 11.9 Å². The van der Waals surface area contributed by atoms with E-state index in [0.29, 0.717) is 24.3 Å². The quantitative estimate of drug-likeness (QED) is 0.446. The van der Waals surface area contributed by atoms with Crippen molar-refractivity contribution in [3.63, 3.8) is 0 Å². The van der Waals surface area contributed by atoms with Gasteiger partial charge in [-0.15, -0.1) is 0 Å². The fourth-order valence-corrected chi connectivity index (χ4v) is 6.09. The van der Waals surface area contributed by atoms with Gasteiger partial charge in [0, 0.05) is 18.0 Å². The molecule has 1 saturated heterocycles. The van der Waals surface area contributed by atoms with Crippen LogP contribution in [0, 0.1) is 23.7 Å². The van der Waals surface area contributed by atoms with Crippen LogP contribution in [0.25, 0.3) is 0 Å². The summed E-state index contributed by atoms with van der Waals surface area (Å²) in [5, 5.41) is 24.7. The maximum atomic E-state index is 13.7. The molecule has 4 rings (SSSR count). The van der Waals surface area contributed by atoms with Crippen molar-refractivity contribution < 1.29 is 24.5 Å². The molecule has 0 radical (unpaired) electrons. The molecule has 1 aromatic rings. The number of aliphatic hydroxyl groups is 2. The lowest BCUT2D eigenvalue weighted by Gasteiger charge is -2.49. The fraction of sp³-hybridized carbons (Fsp3) is 0.517. The fourth-order valence-electron chi connectivity index (χ4n) is 6.09. The van der Waals surface area contributed by atoms with Gasteiger partial charge in [-0.2, -0.15) is 0 Å². The first-order chi connectivity index (χ1) is 16.7. The van der Waals surface area contributed by atoms with Crippen LogP contribution in [0.5, 0.6) is 0 Å². The van der Waals surface area contributed by atoms with Gasteiger partial charge in [0.05, 0.1) is 18.1 Å². The molecule has 1 aliphatic carbocycles. The minimum atomic E-state index is -1.57. The van der Waals surface area contributed by atoms with Gasteiger partial charge in [0.1, 0.15) is 0 Å². The first-order valence-electron chi connectivity index (χ1n) is 12.7. The Kier molecular flexibility index (Phi) is 7.62. The largest absolute Gasteiger partial charge is 0.445 e. The number of esters is 1. The van der Waals surface area contributed by atoms with E-state index < -0.39 is 35.6 Å². The van der Waals surface area contributed by atoms with E-state index in [1.807, 2.05) is 49.4 Å². The van der Waals surface area contributed by atoms with Crippen molar-refractivity contribution in [1.29, 1.82) is 0 Å². The number of hydrogen-bond donors (Lipinski definition) is 3. The van der Waals surface area contributed by atoms with Gasteiger partial charge in [0.2, 0.25) is 5.60 Å². The van der Waals surface area contributed by atoms with Crippen LogP contribution in [0.2, 0.25) is 0 Å². The van der Waals surface area contributed by atoms with Crippen molar-refractivity contribution in [2.75, 3.05) is 0 Å². The molecular weight excluding hydrogens is 442 g/mol. The molecule has 0 unspecified atom stereocenters. The van der Waals surface area contributed by atoms with E-state index in [4.69, 9.17) is 4.74 Å². The first kappa shape index (κ1) is 25.4. The number of allylic oxidation sites excluding steroid dienone is 1. The molecule has 2 fully saturated rings. The SMILES string of the molecule is C=C1[C@@H](O)[C@@H]2C=CC[C@H](C)CCC[C@@H](O)C=CC(=O)O[C@@]23C(=O)N[C@@H](Cc2ccccc2)[C@H]3[C@H]1C. The normalized spacial score (nSPS) is 38.2. The third kappa shape index (κ3) is 5.00. The average Bonchev–Trinajstić information content (AvgIpc) is 3.09. The highest BCUT2D eigenvalue weighted by Crippen LogP contribution is 2.52. The summed E-state index contributed by atoms with van der Waals surface area (Å²) in [6.45, 7) is 8.27. The molecule has 3 aliphatic rings. The Hall–Kier alpha value is -2.70. The van der Waals surface area contributed by atoms with Crippen LogP contribution in [-0.4, -0.2) is 45.9 Å². The summed E-state index contributed by atoms with van der Waals surface area (Å²) < 4.78 is 6.05. The molecule has 1 saturated carbocycles. The third-order valence-electron chi connectivity index (χ3n) is 8.04. The lowest BCUT2D eigenvalue weighted by molar-refractivity contribution is -0.182. The second-order valence-corrected chi connectivity index (χ2v) is 10.5. The minimum absolute atomic E-state index is 0.262. The number of benzene rings is 1. The molecule has 188 valence electrons. The number of rotatable bonds is 2. The van der Waals surface area contributed by atoms with Gasteiger partial charge in [-0.1, -0.05) is 75.8 Å². The molecule has 6 nitrogen and oxygen atoms in total. The van der Waals surface area contributed by atoms with E-state index in [1.54, 1.807) is 0 Å². The second-order valence-electron chi connectivity index (χ2n) is 10.5. The van der Waals surface area contributed by atoms with Gasteiger partial charge >= 0.3 is 5.97 Å². The highest BCUT2D eigenvalue weighted by atomic mass is 16.6. The van der Waals surface area contributed by atoms with Gasteiger partial charge in [-0.3, -0.25) is 4.79 Å². The summed E-state index contributed by atoms with van der Waals surface area (Å²) in [4.78, 5) is 26.8. The number of aliphatic hydroxyl groups excluding tert-OH is 2. The van der Waals surface area contributed by atoms with E-state index in [9.17, 15) is 19.8 Å². The summed E-state index contributed by atoms with van der Waals surface area (Å²) in [6, 6.07) is 9.59. The third-order valence-corrected chi connectivity index (χ3v) is 8.04. The standard InChI is InChI=1S/C29H37NO5/c1-18-9-7-13-22(31)15-16-25(32)35-29-23(14-8-10-18)27(33)20(3)19(2)26(29)24(30-28(29)34)17-21-11-5-4-6-12-21/h4-6,8,11-12,14-16,18-19,22-24,26-27,31,33H,3,7,9-10,13,17H2,1-2H3,(H,30,34)/t18-,19+,22-,23+,24+,26-,27-,29+/m1/s1. The smallest absolute Gasteiger partial charge is 0.331 e. The minimum Gasteiger partial charge on any atom is -0.445 e. The number of ether oxygens (including phenoxy) is 1. The Morgan fingerprint density at radius 1 is 1.11 bits per heavy atom. The lowest BCUT2D eigenvalue weighted by Crippen LogP contribution is -2.61. The predicted molar refractivity (Wildman–Crippen MR) is 134 cm³/mol. The first-order valence-corrected chi connectivity index (χ1v) is 12.7. The Balaban J connectivity index is 1.78. The summed E-state index contributed by atoms with van der Waals surface area (Å²) >= 11 is 0. The summed E-state index contributed by atoms with van der Waals surface area (Å²) in [7, 11) is 0. The maximum Gasteiger partial charge on any atom is 0.331 e. The van der Waals surface area contributed by atoms with E-state index >= 15 is 0 Å². The van der Waals surface area contributed by atoms with Gasteiger partial charge in [-0.25, -0.2) is 4.79 Å². The zero-order valence-electron chi connectivity index (χ0n) is 20.6. The van der Waals surface area contributed by atoms with Crippen LogP contribution < -0.4 is 5.32 Å². The molecule has 8 atom stereocenters. The molecule has 2 heterocycles. The Bertz CT molecular complexity index is 1000. The van der Waals surface area contributed by atoms with Crippen LogP contribution in [0.4, 0.5) is 0 Å². The van der Waals surface area contributed by atoms with Crippen LogP contribution in [-0.2, 0) is 20.7 Å². The number of hydrogen-bond acceptors (Lipinski definition) is 5. The highest BCUT2D eigenvalue weighted by Gasteiger charge is 2.67. The Morgan fingerprint density at radius 3 is 2.60 bits per heavy atom. The molecule has 35 heavy (non-hydrogen) atoms. The van der Waals surface area contributed by atoms with Crippen molar-refractivity contribution in [2.45, 2.75) is 69.8 Å². The zero-order chi connectivity index (χ0) is 25.2. The monoisotopic (exact) mass is 479 g/mol. The molecule has 3 N–H and O–H groups in total. The van der Waals surface area contributed by atoms with E-state index in [0.717, 1.165) is 24.8 Å². The van der Waals surface area contributed by atoms with Crippen molar-refractivity contribution in [3.8, 4) is 0 Å². The second kappa shape index (κ2) is 10.5. The molecule has 2 aliphatic heterocycles. The van der Waals surface area contributed by atoms with Crippen LogP contribution in [0.15, 0.2) is 66.8 Å². The average molecular weight is 480 g/mol. The molecule has 1 aromatic carbocycles. The molecular formula is C29H37NO5. The predicted octanol–water partition coefficient (Wildman–Crippen LogP) is 3.49. The number of carbonyl (C=O) groups excluding carboxylic acids is 2. The zero-order valence-corrected chi connectivity index (χ0v) is 20.6. The Morgan fingerprint density at radius 2 is 1.86 bits per heavy atom. The van der Waals surface area contributed by atoms with Gasteiger partial charge in [0.15, 0.2) is 0 Å². The van der Waals surface area contributed by atoms with Gasteiger partial charge in [0.25, 0.3) is 5.91 Å². The molecule has 0 bridgehead atoms. The maximum absolute atomic E-state index is 13.7. The van der Waals surface area contributed by atoms with Crippen molar-refractivity contribution in [1.82, 2.24) is 5.32 Å². The number of nitrogens with one attached hydrogen (secondary N) is 1. The topological polar surface area (TPSA) is 95.9 Å². The lowest BCUT2D eigenvalue weighted by atomic mass is 9.59. The van der Waals surface area contributed by atoms with E-state index in [1.165, 1.54) is 12.2 Å². The van der Waals surface area contributed by atoms with Gasteiger partial charge in [-0.05, 0) is 48.3 Å². The van der Waals surface area contributed by atoms with Crippen LogP contribution in [0.3, 0.4) is 0 Å². The molecule has 6 heteroatoms. The number of amides is 1. The summed E-state index contributed by atoms with van der Waals surface area (Å²) in [5.74, 6) is -2.13. The van der Waals surface area contributed by atoms with E-state index in [2.05, 4.69) is 18.8 Å². The molecule has 1 amide bonds. The Labute approximate surface area is 207 Å². The van der Waals surface area contributed by atoms with Crippen LogP contribution in [0.1, 0.15) is 45.1 Å². The van der Waals surface area contributed by atoms with Crippen LogP contribution >= 0.6 is 0 Å². The van der Waals surface area contributed by atoms with Crippen molar-refractivity contribution in [2.24, 2.45) is 23.7 Å². The molecule has 1 spiro atoms. The summed E-state index contributed by atoms with van der Waals surface area (Å²) in [6.07, 6.45) is 8.39.